The van der Waals surface area contributed by atoms with Gasteiger partial charge in [-0.25, -0.2) is 4.79 Å². The van der Waals surface area contributed by atoms with E-state index in [1.807, 2.05) is 60.7 Å². The third-order valence-corrected chi connectivity index (χ3v) is 7.42. The predicted octanol–water partition coefficient (Wildman–Crippen LogP) is 5.11. The fourth-order valence-corrected chi connectivity index (χ4v) is 5.81. The average Bonchev–Trinajstić information content (AvgIpc) is 3.33. The lowest BCUT2D eigenvalue weighted by Gasteiger charge is -2.25. The van der Waals surface area contributed by atoms with Crippen LogP contribution in [0.5, 0.6) is 0 Å². The molecule has 2 aliphatic rings. The number of anilines is 1. The van der Waals surface area contributed by atoms with Crippen LogP contribution in [0.3, 0.4) is 0 Å². The number of rotatable bonds is 6. The van der Waals surface area contributed by atoms with Gasteiger partial charge in [-0.05, 0) is 24.1 Å². The van der Waals surface area contributed by atoms with Crippen LogP contribution in [0.2, 0.25) is 0 Å². The lowest BCUT2D eigenvalue weighted by atomic mass is 10.0. The Morgan fingerprint density at radius 2 is 1.56 bits per heavy atom. The molecule has 8 heteroatoms. The third kappa shape index (κ3) is 4.23. The summed E-state index contributed by atoms with van der Waals surface area (Å²) in [4.78, 5) is 43.7. The van der Waals surface area contributed by atoms with E-state index in [4.69, 9.17) is 17.0 Å². The number of hydrogen-bond donors (Lipinski definition) is 0. The van der Waals surface area contributed by atoms with Gasteiger partial charge < -0.3 is 9.64 Å². The van der Waals surface area contributed by atoms with Crippen LogP contribution in [-0.4, -0.2) is 33.6 Å². The van der Waals surface area contributed by atoms with Crippen molar-refractivity contribution < 1.29 is 19.1 Å². The molecule has 0 aliphatic carbocycles. The van der Waals surface area contributed by atoms with Crippen LogP contribution < -0.4 is 4.90 Å². The highest BCUT2D eigenvalue weighted by Gasteiger charge is 2.46. The lowest BCUT2D eigenvalue weighted by Crippen LogP contribution is -2.38. The van der Waals surface area contributed by atoms with Gasteiger partial charge in [0, 0.05) is 5.56 Å². The monoisotopic (exact) mass is 514 g/mol. The minimum absolute atomic E-state index is 0.165. The number of para-hydroxylation sites is 1. The van der Waals surface area contributed by atoms with Crippen LogP contribution in [0.25, 0.3) is 5.57 Å². The predicted molar refractivity (Wildman–Crippen MR) is 144 cm³/mol. The minimum Gasteiger partial charge on any atom is -0.464 e. The summed E-state index contributed by atoms with van der Waals surface area (Å²) in [7, 11) is 0. The summed E-state index contributed by atoms with van der Waals surface area (Å²) >= 11 is 6.63. The van der Waals surface area contributed by atoms with Crippen molar-refractivity contribution >= 4 is 57.3 Å². The Balaban J connectivity index is 1.57. The Hall–Kier alpha value is -3.75. The van der Waals surface area contributed by atoms with Crippen LogP contribution in [0.1, 0.15) is 29.7 Å². The number of esters is 1. The van der Waals surface area contributed by atoms with Gasteiger partial charge >= 0.3 is 5.97 Å². The van der Waals surface area contributed by atoms with Gasteiger partial charge in [0.05, 0.1) is 29.3 Å². The summed E-state index contributed by atoms with van der Waals surface area (Å²) in [6.07, 6.45) is 0. The molecule has 1 atom stereocenters. The Kier molecular flexibility index (Phi) is 6.71. The third-order valence-electron chi connectivity index (χ3n) is 6.02. The number of carbonyl (C=O) groups is 3. The Morgan fingerprint density at radius 1 is 0.917 bits per heavy atom. The molecular formula is C28H22N2O4S2. The molecule has 1 fully saturated rings. The molecule has 2 heterocycles. The van der Waals surface area contributed by atoms with E-state index in [2.05, 4.69) is 0 Å². The quantitative estimate of drug-likeness (QED) is 0.259. The van der Waals surface area contributed by atoms with Crippen molar-refractivity contribution in [1.29, 1.82) is 0 Å². The molecule has 5 rings (SSSR count). The van der Waals surface area contributed by atoms with Gasteiger partial charge in [-0.2, -0.15) is 0 Å². The van der Waals surface area contributed by atoms with E-state index >= 15 is 0 Å². The molecular weight excluding hydrogens is 492 g/mol. The van der Waals surface area contributed by atoms with E-state index < -0.39 is 17.9 Å². The van der Waals surface area contributed by atoms with Crippen molar-refractivity contribution in [3.05, 3.63) is 107 Å². The van der Waals surface area contributed by atoms with Crippen LogP contribution in [0.15, 0.2) is 89.8 Å². The van der Waals surface area contributed by atoms with Crippen LogP contribution in [0.4, 0.5) is 5.69 Å². The van der Waals surface area contributed by atoms with Gasteiger partial charge in [0.15, 0.2) is 6.04 Å². The average molecular weight is 515 g/mol. The summed E-state index contributed by atoms with van der Waals surface area (Å²) in [6.45, 7) is 2.25. The molecule has 2 aliphatic heterocycles. The molecule has 2 amide bonds. The van der Waals surface area contributed by atoms with Crippen molar-refractivity contribution in [2.75, 3.05) is 11.5 Å². The van der Waals surface area contributed by atoms with Crippen LogP contribution in [0, 0.1) is 0 Å². The molecule has 0 saturated carbocycles. The summed E-state index contributed by atoms with van der Waals surface area (Å²) in [5.74, 6) is -1.32. The van der Waals surface area contributed by atoms with Crippen molar-refractivity contribution in [3.8, 4) is 0 Å². The number of thioether (sulfide) groups is 1. The van der Waals surface area contributed by atoms with E-state index in [-0.39, 0.29) is 21.7 Å². The first kappa shape index (κ1) is 24.0. The maximum absolute atomic E-state index is 13.8. The minimum atomic E-state index is -1.04. The molecule has 3 aromatic carbocycles. The number of amides is 2. The van der Waals surface area contributed by atoms with Crippen molar-refractivity contribution in [3.63, 3.8) is 0 Å². The molecule has 3 aromatic rings. The maximum atomic E-state index is 13.8. The van der Waals surface area contributed by atoms with E-state index in [0.29, 0.717) is 23.2 Å². The van der Waals surface area contributed by atoms with E-state index in [1.165, 1.54) is 4.90 Å². The van der Waals surface area contributed by atoms with Gasteiger partial charge in [0.1, 0.15) is 4.32 Å². The Morgan fingerprint density at radius 3 is 2.25 bits per heavy atom. The molecule has 0 bridgehead atoms. The number of fused-ring (bicyclic) bond motifs is 1. The number of nitrogens with zero attached hydrogens (tertiary/aromatic N) is 2. The molecule has 1 saturated heterocycles. The number of thiocarbonyl (C=S) groups is 1. The Labute approximate surface area is 218 Å². The van der Waals surface area contributed by atoms with Gasteiger partial charge in [-0.15, -0.1) is 0 Å². The standard InChI is InChI=1S/C28H22N2O4S2/c1-2-34-27(33)23(19-13-7-4-8-14-19)30-26(32)24(36-28(30)35)22-20-15-9-10-16-21(20)29(25(22)31)17-18-11-5-3-6-12-18/h3-16,23H,2,17H2,1H3/b24-22-. The van der Waals surface area contributed by atoms with Gasteiger partial charge in [0.25, 0.3) is 11.8 Å². The van der Waals surface area contributed by atoms with Crippen LogP contribution in [-0.2, 0) is 25.7 Å². The number of benzene rings is 3. The topological polar surface area (TPSA) is 66.9 Å². The molecule has 6 nitrogen and oxygen atoms in total. The molecule has 0 N–H and O–H groups in total. The van der Waals surface area contributed by atoms with Gasteiger partial charge in [-0.1, -0.05) is 103 Å². The second-order valence-corrected chi connectivity index (χ2v) is 9.85. The fourth-order valence-electron chi connectivity index (χ4n) is 4.42. The molecule has 36 heavy (non-hydrogen) atoms. The largest absolute Gasteiger partial charge is 0.464 e. The first-order valence-electron chi connectivity index (χ1n) is 11.5. The fraction of sp³-hybridized carbons (Fsp3) is 0.143. The zero-order valence-electron chi connectivity index (χ0n) is 19.4. The summed E-state index contributed by atoms with van der Waals surface area (Å²) in [5, 5.41) is 0. The highest BCUT2D eigenvalue weighted by Crippen LogP contribution is 2.46. The van der Waals surface area contributed by atoms with Crippen molar-refractivity contribution in [2.24, 2.45) is 0 Å². The molecule has 0 aromatic heterocycles. The molecule has 0 spiro atoms. The molecule has 180 valence electrons. The van der Waals surface area contributed by atoms with E-state index in [1.54, 1.807) is 36.1 Å². The highest BCUT2D eigenvalue weighted by molar-refractivity contribution is 8.26. The first-order valence-corrected chi connectivity index (χ1v) is 12.7. The van der Waals surface area contributed by atoms with Gasteiger partial charge in [-0.3, -0.25) is 14.5 Å². The number of ether oxygens (including phenoxy) is 1. The summed E-state index contributed by atoms with van der Waals surface area (Å²) in [6, 6.07) is 25.0. The number of carbonyl (C=O) groups excluding carboxylic acids is 3. The maximum Gasteiger partial charge on any atom is 0.333 e. The SMILES string of the molecule is CCOC(=O)C(c1ccccc1)N1C(=O)/C(=C2/C(=O)N(Cc3ccccc3)c3ccccc32)SC1=S. The zero-order valence-corrected chi connectivity index (χ0v) is 21.1. The Bertz CT molecular complexity index is 1390. The van der Waals surface area contributed by atoms with Gasteiger partial charge in [0.2, 0.25) is 0 Å². The smallest absolute Gasteiger partial charge is 0.333 e. The number of hydrogen-bond acceptors (Lipinski definition) is 6. The van der Waals surface area contributed by atoms with E-state index in [9.17, 15) is 14.4 Å². The van der Waals surface area contributed by atoms with Crippen molar-refractivity contribution in [2.45, 2.75) is 19.5 Å². The highest BCUT2D eigenvalue weighted by atomic mass is 32.2. The molecule has 0 radical (unpaired) electrons. The van der Waals surface area contributed by atoms with Crippen molar-refractivity contribution in [1.82, 2.24) is 4.90 Å². The lowest BCUT2D eigenvalue weighted by molar-refractivity contribution is -0.151. The first-order chi connectivity index (χ1) is 17.5. The second kappa shape index (κ2) is 10.1. The second-order valence-electron chi connectivity index (χ2n) is 8.21. The normalized spacial score (nSPS) is 18.0. The zero-order chi connectivity index (χ0) is 25.2. The summed E-state index contributed by atoms with van der Waals surface area (Å²) < 4.78 is 5.50. The molecule has 1 unspecified atom stereocenters. The van der Waals surface area contributed by atoms with Crippen LogP contribution >= 0.6 is 24.0 Å². The summed E-state index contributed by atoms with van der Waals surface area (Å²) in [5.41, 5.74) is 3.27. The van der Waals surface area contributed by atoms with E-state index in [0.717, 1.165) is 23.0 Å².